The molecule has 1 aromatic heterocycles. The van der Waals surface area contributed by atoms with Crippen LogP contribution in [-0.2, 0) is 10.0 Å². The van der Waals surface area contributed by atoms with E-state index in [1.54, 1.807) is 12.1 Å². The monoisotopic (exact) mass is 291 g/mol. The molecule has 0 atom stereocenters. The van der Waals surface area contributed by atoms with E-state index < -0.39 is 10.0 Å². The highest BCUT2D eigenvalue weighted by molar-refractivity contribution is 7.89. The van der Waals surface area contributed by atoms with E-state index >= 15 is 0 Å². The van der Waals surface area contributed by atoms with E-state index in [2.05, 4.69) is 4.98 Å². The number of halogens is 1. The highest BCUT2D eigenvalue weighted by Crippen LogP contribution is 2.18. The lowest BCUT2D eigenvalue weighted by Crippen LogP contribution is -2.42. The number of nitrogens with two attached hydrogens (primary N) is 1. The van der Waals surface area contributed by atoms with Crippen molar-refractivity contribution in [2.24, 2.45) is 5.73 Å². The average molecular weight is 292 g/mol. The molecule has 0 unspecified atom stereocenters. The van der Waals surface area contributed by atoms with Crippen LogP contribution in [0.5, 0.6) is 0 Å². The van der Waals surface area contributed by atoms with Gasteiger partial charge in [-0.2, -0.15) is 4.31 Å². The van der Waals surface area contributed by atoms with Crippen LogP contribution in [-0.4, -0.2) is 36.8 Å². The average Bonchev–Trinajstić information content (AvgIpc) is 2.29. The van der Waals surface area contributed by atoms with Gasteiger partial charge in [-0.1, -0.05) is 0 Å². The van der Waals surface area contributed by atoms with E-state index in [0.717, 1.165) is 5.56 Å². The lowest BCUT2D eigenvalue weighted by molar-refractivity contribution is 0.319. The van der Waals surface area contributed by atoms with Gasteiger partial charge in [-0.3, -0.25) is 0 Å². The topological polar surface area (TPSA) is 76.3 Å². The van der Waals surface area contributed by atoms with E-state index in [0.29, 0.717) is 25.9 Å². The molecule has 1 aliphatic rings. The molecule has 0 amide bonds. The standard InChI is InChI=1S/C11H17N3O2S.ClH/c1-9-2-5-13-11(8-9)17(15,16)14-6-3-10(12)4-7-14;/h2,5,8,10H,3-4,6-7,12H2,1H3;1H. The van der Waals surface area contributed by atoms with Gasteiger partial charge in [-0.15, -0.1) is 12.4 Å². The molecule has 0 saturated carbocycles. The molecular weight excluding hydrogens is 274 g/mol. The van der Waals surface area contributed by atoms with Gasteiger partial charge >= 0.3 is 0 Å². The Balaban J connectivity index is 0.00000162. The first-order chi connectivity index (χ1) is 8.00. The summed E-state index contributed by atoms with van der Waals surface area (Å²) < 4.78 is 26.0. The minimum Gasteiger partial charge on any atom is -0.328 e. The number of piperidine rings is 1. The molecule has 0 aliphatic carbocycles. The second-order valence-corrected chi connectivity index (χ2v) is 6.30. The van der Waals surface area contributed by atoms with Crippen LogP contribution in [0.2, 0.25) is 0 Å². The largest absolute Gasteiger partial charge is 0.328 e. The Morgan fingerprint density at radius 3 is 2.56 bits per heavy atom. The van der Waals surface area contributed by atoms with Crippen molar-refractivity contribution in [1.82, 2.24) is 9.29 Å². The molecule has 2 heterocycles. The Morgan fingerprint density at radius 2 is 2.00 bits per heavy atom. The van der Waals surface area contributed by atoms with Crippen molar-refractivity contribution in [3.63, 3.8) is 0 Å². The van der Waals surface area contributed by atoms with Crippen molar-refractivity contribution in [1.29, 1.82) is 0 Å². The predicted octanol–water partition coefficient (Wildman–Crippen LogP) is 0.924. The molecule has 2 N–H and O–H groups in total. The molecule has 0 aromatic carbocycles. The number of pyridine rings is 1. The highest BCUT2D eigenvalue weighted by atomic mass is 35.5. The van der Waals surface area contributed by atoms with E-state index in [-0.39, 0.29) is 23.5 Å². The number of hydrogen-bond acceptors (Lipinski definition) is 4. The molecule has 5 nitrogen and oxygen atoms in total. The maximum Gasteiger partial charge on any atom is 0.260 e. The summed E-state index contributed by atoms with van der Waals surface area (Å²) in [5.41, 5.74) is 6.66. The highest BCUT2D eigenvalue weighted by Gasteiger charge is 2.29. The van der Waals surface area contributed by atoms with Crippen molar-refractivity contribution in [3.05, 3.63) is 23.9 Å². The molecule has 102 valence electrons. The summed E-state index contributed by atoms with van der Waals surface area (Å²) in [4.78, 5) is 3.94. The Kier molecular flexibility index (Phi) is 5.10. The third-order valence-corrected chi connectivity index (χ3v) is 4.79. The second-order valence-electron chi connectivity index (χ2n) is 4.41. The summed E-state index contributed by atoms with van der Waals surface area (Å²) in [5, 5.41) is 0.132. The van der Waals surface area contributed by atoms with Crippen LogP contribution >= 0.6 is 12.4 Å². The minimum absolute atomic E-state index is 0. The van der Waals surface area contributed by atoms with Crippen LogP contribution in [0.25, 0.3) is 0 Å². The molecule has 7 heteroatoms. The lowest BCUT2D eigenvalue weighted by atomic mass is 10.1. The van der Waals surface area contributed by atoms with E-state index in [9.17, 15) is 8.42 Å². The normalized spacial score (nSPS) is 18.3. The van der Waals surface area contributed by atoms with Gasteiger partial charge < -0.3 is 5.73 Å². The molecule has 0 bridgehead atoms. The molecule has 0 radical (unpaired) electrons. The molecule has 1 saturated heterocycles. The molecule has 18 heavy (non-hydrogen) atoms. The first kappa shape index (κ1) is 15.4. The van der Waals surface area contributed by atoms with Gasteiger partial charge in [-0.05, 0) is 37.5 Å². The summed E-state index contributed by atoms with van der Waals surface area (Å²) in [5.74, 6) is 0. The maximum atomic E-state index is 12.3. The third-order valence-electron chi connectivity index (χ3n) is 2.99. The third kappa shape index (κ3) is 3.20. The van der Waals surface area contributed by atoms with Crippen LogP contribution in [0.1, 0.15) is 18.4 Å². The molecule has 1 aromatic rings. The quantitative estimate of drug-likeness (QED) is 0.879. The zero-order valence-electron chi connectivity index (χ0n) is 10.2. The first-order valence-electron chi connectivity index (χ1n) is 5.68. The fourth-order valence-electron chi connectivity index (χ4n) is 1.90. The van der Waals surface area contributed by atoms with Crippen molar-refractivity contribution in [2.75, 3.05) is 13.1 Å². The van der Waals surface area contributed by atoms with Crippen molar-refractivity contribution in [3.8, 4) is 0 Å². The fraction of sp³-hybridized carbons (Fsp3) is 0.545. The van der Waals surface area contributed by atoms with Gasteiger partial charge in [0.05, 0.1) is 0 Å². The lowest BCUT2D eigenvalue weighted by Gasteiger charge is -2.28. The van der Waals surface area contributed by atoms with Gasteiger partial charge in [-0.25, -0.2) is 13.4 Å². The number of nitrogens with zero attached hydrogens (tertiary/aromatic N) is 2. The number of aromatic nitrogens is 1. The summed E-state index contributed by atoms with van der Waals surface area (Å²) in [7, 11) is -3.44. The number of rotatable bonds is 2. The number of aryl methyl sites for hydroxylation is 1. The molecular formula is C11H18ClN3O2S. The van der Waals surface area contributed by atoms with Crippen molar-refractivity contribution >= 4 is 22.4 Å². The molecule has 2 rings (SSSR count). The first-order valence-corrected chi connectivity index (χ1v) is 7.12. The van der Waals surface area contributed by atoms with E-state index in [1.807, 2.05) is 6.92 Å². The number of sulfonamides is 1. The molecule has 1 fully saturated rings. The second kappa shape index (κ2) is 5.97. The molecule has 0 spiro atoms. The number of hydrogen-bond donors (Lipinski definition) is 1. The fourth-order valence-corrected chi connectivity index (χ4v) is 3.38. The Bertz CT molecular complexity index is 499. The summed E-state index contributed by atoms with van der Waals surface area (Å²) >= 11 is 0. The van der Waals surface area contributed by atoms with Crippen LogP contribution < -0.4 is 5.73 Å². The Hall–Kier alpha value is -0.690. The van der Waals surface area contributed by atoms with E-state index in [1.165, 1.54) is 10.5 Å². The Labute approximate surface area is 114 Å². The smallest absolute Gasteiger partial charge is 0.260 e. The Morgan fingerprint density at radius 1 is 1.39 bits per heavy atom. The molecule has 1 aliphatic heterocycles. The zero-order chi connectivity index (χ0) is 12.5. The van der Waals surface area contributed by atoms with Gasteiger partial charge in [0.15, 0.2) is 5.03 Å². The van der Waals surface area contributed by atoms with Crippen LogP contribution in [0, 0.1) is 6.92 Å². The van der Waals surface area contributed by atoms with Crippen LogP contribution in [0.3, 0.4) is 0 Å². The zero-order valence-corrected chi connectivity index (χ0v) is 11.9. The summed E-state index contributed by atoms with van der Waals surface area (Å²) in [6.07, 6.45) is 2.95. The maximum absolute atomic E-state index is 12.3. The van der Waals surface area contributed by atoms with Gasteiger partial charge in [0, 0.05) is 25.3 Å². The van der Waals surface area contributed by atoms with Crippen molar-refractivity contribution < 1.29 is 8.42 Å². The predicted molar refractivity (Wildman–Crippen MR) is 72.2 cm³/mol. The SMILES string of the molecule is Cc1ccnc(S(=O)(=O)N2CCC(N)CC2)c1.Cl. The summed E-state index contributed by atoms with van der Waals surface area (Å²) in [6, 6.07) is 3.50. The van der Waals surface area contributed by atoms with Gasteiger partial charge in [0.2, 0.25) is 0 Å². The van der Waals surface area contributed by atoms with Gasteiger partial charge in [0.25, 0.3) is 10.0 Å². The van der Waals surface area contributed by atoms with Crippen LogP contribution in [0.4, 0.5) is 0 Å². The minimum atomic E-state index is -3.44. The van der Waals surface area contributed by atoms with Crippen LogP contribution in [0.15, 0.2) is 23.4 Å². The summed E-state index contributed by atoms with van der Waals surface area (Å²) in [6.45, 7) is 2.82. The van der Waals surface area contributed by atoms with Crippen molar-refractivity contribution in [2.45, 2.75) is 30.8 Å². The van der Waals surface area contributed by atoms with E-state index in [4.69, 9.17) is 5.73 Å². The van der Waals surface area contributed by atoms with Gasteiger partial charge in [0.1, 0.15) is 0 Å².